The van der Waals surface area contributed by atoms with Gasteiger partial charge in [0.25, 0.3) is 5.91 Å². The molecule has 0 unspecified atom stereocenters. The number of carbonyl (C=O) groups is 2. The van der Waals surface area contributed by atoms with Crippen molar-refractivity contribution in [3.8, 4) is 0 Å². The van der Waals surface area contributed by atoms with E-state index in [0.717, 1.165) is 0 Å². The summed E-state index contributed by atoms with van der Waals surface area (Å²) in [5, 5.41) is 0.462. The van der Waals surface area contributed by atoms with Crippen LogP contribution in [0.2, 0.25) is 5.02 Å². The van der Waals surface area contributed by atoms with E-state index in [-0.39, 0.29) is 24.1 Å². The normalized spacial score (nSPS) is 16.2. The first kappa shape index (κ1) is 11.9. The Morgan fingerprint density at radius 3 is 2.88 bits per heavy atom. The number of hydrogen-bond acceptors (Lipinski definition) is 3. The number of likely N-dealkylation sites (N-methyl/N-ethyl adjacent to an activating group) is 1. The third-order valence-electron chi connectivity index (χ3n) is 2.69. The van der Waals surface area contributed by atoms with Crippen molar-refractivity contribution in [1.29, 1.82) is 0 Å². The number of hydrogen-bond donors (Lipinski definition) is 0. The predicted octanol–water partition coefficient (Wildman–Crippen LogP) is 0.649. The molecule has 0 aromatic carbocycles. The van der Waals surface area contributed by atoms with E-state index in [9.17, 15) is 9.59 Å². The topological polar surface area (TPSA) is 53.5 Å². The van der Waals surface area contributed by atoms with Crippen LogP contribution in [-0.4, -0.2) is 53.3 Å². The summed E-state index contributed by atoms with van der Waals surface area (Å²) in [5.74, 6) is -0.319. The van der Waals surface area contributed by atoms with E-state index in [2.05, 4.69) is 4.98 Å². The number of piperazine rings is 1. The van der Waals surface area contributed by atoms with E-state index in [4.69, 9.17) is 11.6 Å². The maximum absolute atomic E-state index is 12.0. The van der Waals surface area contributed by atoms with E-state index in [0.29, 0.717) is 18.1 Å². The summed E-state index contributed by atoms with van der Waals surface area (Å²) in [6.07, 6.45) is 1.48. The highest BCUT2D eigenvalue weighted by molar-refractivity contribution is 6.30. The lowest BCUT2D eigenvalue weighted by molar-refractivity contribution is -0.133. The number of rotatable bonds is 1. The molecule has 6 heteroatoms. The fraction of sp³-hybridized carbons (Fsp3) is 0.364. The van der Waals surface area contributed by atoms with Crippen LogP contribution in [0.5, 0.6) is 0 Å². The number of amides is 2. The van der Waals surface area contributed by atoms with Crippen molar-refractivity contribution in [2.75, 3.05) is 26.7 Å². The largest absolute Gasteiger partial charge is 0.342 e. The van der Waals surface area contributed by atoms with Crippen molar-refractivity contribution >= 4 is 23.4 Å². The zero-order valence-corrected chi connectivity index (χ0v) is 10.1. The molecular formula is C11H12ClN3O2. The number of aromatic nitrogens is 1. The van der Waals surface area contributed by atoms with Gasteiger partial charge in [0.05, 0.1) is 0 Å². The quantitative estimate of drug-likeness (QED) is 0.738. The van der Waals surface area contributed by atoms with Crippen LogP contribution in [0.3, 0.4) is 0 Å². The molecule has 1 saturated heterocycles. The van der Waals surface area contributed by atoms with Gasteiger partial charge in [-0.2, -0.15) is 0 Å². The molecule has 0 N–H and O–H groups in total. The zero-order valence-electron chi connectivity index (χ0n) is 9.39. The summed E-state index contributed by atoms with van der Waals surface area (Å²) in [4.78, 5) is 30.6. The monoisotopic (exact) mass is 253 g/mol. The Morgan fingerprint density at radius 1 is 1.47 bits per heavy atom. The van der Waals surface area contributed by atoms with E-state index >= 15 is 0 Å². The summed E-state index contributed by atoms with van der Waals surface area (Å²) in [6, 6.07) is 3.11. The molecule has 2 rings (SSSR count). The van der Waals surface area contributed by atoms with E-state index in [1.54, 1.807) is 18.0 Å². The zero-order chi connectivity index (χ0) is 12.4. The molecule has 2 heterocycles. The molecule has 0 radical (unpaired) electrons. The van der Waals surface area contributed by atoms with Crippen LogP contribution in [0.4, 0.5) is 0 Å². The fourth-order valence-electron chi connectivity index (χ4n) is 1.62. The number of pyridine rings is 1. The van der Waals surface area contributed by atoms with Crippen molar-refractivity contribution in [2.24, 2.45) is 0 Å². The van der Waals surface area contributed by atoms with Gasteiger partial charge >= 0.3 is 0 Å². The Balaban J connectivity index is 2.13. The summed E-state index contributed by atoms with van der Waals surface area (Å²) in [7, 11) is 1.72. The molecule has 2 amide bonds. The minimum Gasteiger partial charge on any atom is -0.342 e. The average Bonchev–Trinajstić information content (AvgIpc) is 2.32. The fourth-order valence-corrected chi connectivity index (χ4v) is 1.78. The number of halogens is 1. The van der Waals surface area contributed by atoms with Crippen molar-refractivity contribution in [3.63, 3.8) is 0 Å². The van der Waals surface area contributed by atoms with Crippen molar-refractivity contribution in [3.05, 3.63) is 29.0 Å². The van der Waals surface area contributed by atoms with Gasteiger partial charge in [-0.1, -0.05) is 11.6 Å². The van der Waals surface area contributed by atoms with Crippen LogP contribution in [0.15, 0.2) is 18.3 Å². The van der Waals surface area contributed by atoms with Crippen LogP contribution in [0.1, 0.15) is 10.5 Å². The average molecular weight is 254 g/mol. The van der Waals surface area contributed by atoms with Crippen molar-refractivity contribution in [1.82, 2.24) is 14.8 Å². The third kappa shape index (κ3) is 2.55. The SMILES string of the molecule is CN1CCN(C(=O)c2cc(Cl)ccn2)CC1=O. The van der Waals surface area contributed by atoms with E-state index in [1.807, 2.05) is 0 Å². The van der Waals surface area contributed by atoms with Crippen LogP contribution in [0, 0.1) is 0 Å². The van der Waals surface area contributed by atoms with Gasteiger partial charge in [0.2, 0.25) is 5.91 Å². The maximum Gasteiger partial charge on any atom is 0.273 e. The Morgan fingerprint density at radius 2 is 2.24 bits per heavy atom. The lowest BCUT2D eigenvalue weighted by Crippen LogP contribution is -2.50. The molecule has 0 saturated carbocycles. The van der Waals surface area contributed by atoms with Crippen LogP contribution < -0.4 is 0 Å². The molecule has 1 aliphatic heterocycles. The first-order chi connectivity index (χ1) is 8.08. The minimum absolute atomic E-state index is 0.0633. The Kier molecular flexibility index (Phi) is 3.28. The lowest BCUT2D eigenvalue weighted by Gasteiger charge is -2.31. The lowest BCUT2D eigenvalue weighted by atomic mass is 10.2. The van der Waals surface area contributed by atoms with Crippen molar-refractivity contribution < 1.29 is 9.59 Å². The van der Waals surface area contributed by atoms with Crippen LogP contribution >= 0.6 is 11.6 Å². The van der Waals surface area contributed by atoms with Gasteiger partial charge in [0, 0.05) is 31.4 Å². The van der Waals surface area contributed by atoms with Gasteiger partial charge in [-0.05, 0) is 12.1 Å². The third-order valence-corrected chi connectivity index (χ3v) is 2.92. The molecule has 0 aliphatic carbocycles. The predicted molar refractivity (Wildman–Crippen MR) is 62.8 cm³/mol. The highest BCUT2D eigenvalue weighted by Crippen LogP contribution is 2.11. The standard InChI is InChI=1S/C11H12ClN3O2/c1-14-4-5-15(7-10(14)16)11(17)9-6-8(12)2-3-13-9/h2-3,6H,4-5,7H2,1H3. The first-order valence-corrected chi connectivity index (χ1v) is 5.60. The molecule has 1 aromatic heterocycles. The summed E-state index contributed by atoms with van der Waals surface area (Å²) in [5.41, 5.74) is 0.273. The molecule has 0 atom stereocenters. The molecule has 17 heavy (non-hydrogen) atoms. The maximum atomic E-state index is 12.0. The van der Waals surface area contributed by atoms with Gasteiger partial charge in [-0.3, -0.25) is 14.6 Å². The number of nitrogens with zero attached hydrogens (tertiary/aromatic N) is 3. The second-order valence-electron chi connectivity index (χ2n) is 3.90. The second-order valence-corrected chi connectivity index (χ2v) is 4.34. The molecule has 5 nitrogen and oxygen atoms in total. The minimum atomic E-state index is -0.256. The molecule has 90 valence electrons. The summed E-state index contributed by atoms with van der Waals surface area (Å²) >= 11 is 5.79. The van der Waals surface area contributed by atoms with Gasteiger partial charge < -0.3 is 9.80 Å². The van der Waals surface area contributed by atoms with Gasteiger partial charge in [0.15, 0.2) is 0 Å². The van der Waals surface area contributed by atoms with Crippen LogP contribution in [-0.2, 0) is 4.79 Å². The summed E-state index contributed by atoms with van der Waals surface area (Å²) < 4.78 is 0. The van der Waals surface area contributed by atoms with Gasteiger partial charge in [-0.15, -0.1) is 0 Å². The number of carbonyl (C=O) groups excluding carboxylic acids is 2. The Labute approximate surface area is 104 Å². The molecule has 0 spiro atoms. The Bertz CT molecular complexity index is 464. The van der Waals surface area contributed by atoms with E-state index in [1.165, 1.54) is 17.2 Å². The van der Waals surface area contributed by atoms with Crippen LogP contribution in [0.25, 0.3) is 0 Å². The summed E-state index contributed by atoms with van der Waals surface area (Å²) in [6.45, 7) is 1.17. The van der Waals surface area contributed by atoms with Crippen molar-refractivity contribution in [2.45, 2.75) is 0 Å². The highest BCUT2D eigenvalue weighted by atomic mass is 35.5. The molecule has 0 bridgehead atoms. The van der Waals surface area contributed by atoms with Gasteiger partial charge in [-0.25, -0.2) is 0 Å². The first-order valence-electron chi connectivity index (χ1n) is 5.23. The van der Waals surface area contributed by atoms with E-state index < -0.39 is 0 Å². The molecular weight excluding hydrogens is 242 g/mol. The van der Waals surface area contributed by atoms with Gasteiger partial charge in [0.1, 0.15) is 12.2 Å². The smallest absolute Gasteiger partial charge is 0.273 e. The highest BCUT2D eigenvalue weighted by Gasteiger charge is 2.26. The molecule has 1 aromatic rings. The Hall–Kier alpha value is -1.62. The molecule has 1 aliphatic rings. The second kappa shape index (κ2) is 4.71. The molecule has 1 fully saturated rings.